The summed E-state index contributed by atoms with van der Waals surface area (Å²) < 4.78 is 13.1. The molecule has 17 heavy (non-hydrogen) atoms. The number of nitrogens with one attached hydrogen (secondary N) is 1. The number of benzene rings is 1. The van der Waals surface area contributed by atoms with Crippen LogP contribution in [-0.4, -0.2) is 25.7 Å². The molecule has 1 aliphatic rings. The molecule has 0 bridgehead atoms. The zero-order valence-electron chi connectivity index (χ0n) is 10.2. The Bertz CT molecular complexity index is 395. The molecule has 0 radical (unpaired) electrons. The van der Waals surface area contributed by atoms with Gasteiger partial charge in [-0.15, -0.1) is 0 Å². The Morgan fingerprint density at radius 1 is 1.47 bits per heavy atom. The van der Waals surface area contributed by atoms with Crippen LogP contribution >= 0.6 is 11.6 Å². The van der Waals surface area contributed by atoms with E-state index in [2.05, 4.69) is 24.1 Å². The summed E-state index contributed by atoms with van der Waals surface area (Å²) in [5.41, 5.74) is 0.938. The highest BCUT2D eigenvalue weighted by Gasteiger charge is 2.26. The van der Waals surface area contributed by atoms with E-state index >= 15 is 0 Å². The minimum Gasteiger partial charge on any atom is -0.365 e. The van der Waals surface area contributed by atoms with Crippen LogP contribution in [0.1, 0.15) is 13.8 Å². The lowest BCUT2D eigenvalue weighted by molar-refractivity contribution is 0.390. The van der Waals surface area contributed by atoms with Gasteiger partial charge in [-0.2, -0.15) is 0 Å². The second-order valence-electron chi connectivity index (χ2n) is 4.80. The van der Waals surface area contributed by atoms with Gasteiger partial charge in [-0.05, 0) is 24.1 Å². The van der Waals surface area contributed by atoms with Gasteiger partial charge in [-0.1, -0.05) is 25.4 Å². The first-order valence-electron chi connectivity index (χ1n) is 6.02. The molecule has 0 aromatic heterocycles. The van der Waals surface area contributed by atoms with Crippen molar-refractivity contribution < 1.29 is 4.39 Å². The molecular weight excluding hydrogens is 239 g/mol. The van der Waals surface area contributed by atoms with E-state index in [1.807, 2.05) is 0 Å². The molecule has 2 nitrogen and oxygen atoms in total. The molecule has 0 spiro atoms. The maximum absolute atomic E-state index is 13.1. The number of hydrogen-bond acceptors (Lipinski definition) is 2. The number of nitrogens with zero attached hydrogens (tertiary/aromatic N) is 1. The summed E-state index contributed by atoms with van der Waals surface area (Å²) in [6.45, 7) is 7.20. The van der Waals surface area contributed by atoms with Crippen LogP contribution in [0.3, 0.4) is 0 Å². The van der Waals surface area contributed by atoms with Gasteiger partial charge in [0.1, 0.15) is 5.82 Å². The fourth-order valence-electron chi connectivity index (χ4n) is 2.33. The van der Waals surface area contributed by atoms with Crippen molar-refractivity contribution in [1.82, 2.24) is 5.32 Å². The van der Waals surface area contributed by atoms with Crippen LogP contribution in [0.2, 0.25) is 5.02 Å². The van der Waals surface area contributed by atoms with Crippen LogP contribution in [0.25, 0.3) is 0 Å². The molecule has 4 heteroatoms. The molecule has 0 amide bonds. The first-order chi connectivity index (χ1) is 8.09. The van der Waals surface area contributed by atoms with E-state index in [1.165, 1.54) is 12.1 Å². The van der Waals surface area contributed by atoms with Crippen LogP contribution in [0.15, 0.2) is 18.2 Å². The number of hydrogen-bond donors (Lipinski definition) is 1. The van der Waals surface area contributed by atoms with E-state index in [4.69, 9.17) is 11.6 Å². The average Bonchev–Trinajstić information content (AvgIpc) is 2.29. The SMILES string of the molecule is CC(C)C1CNCCN1c1ccc(F)cc1Cl. The standard InChI is InChI=1S/C13H18ClFN2/c1-9(2)13-8-16-5-6-17(13)12-4-3-10(15)7-11(12)14/h3-4,7,9,13,16H,5-6,8H2,1-2H3. The fraction of sp³-hybridized carbons (Fsp3) is 0.538. The Hall–Kier alpha value is -0.800. The lowest BCUT2D eigenvalue weighted by Crippen LogP contribution is -2.53. The summed E-state index contributed by atoms with van der Waals surface area (Å²) in [6.07, 6.45) is 0. The summed E-state index contributed by atoms with van der Waals surface area (Å²) in [4.78, 5) is 2.28. The molecule has 1 heterocycles. The van der Waals surface area contributed by atoms with Gasteiger partial charge in [0, 0.05) is 25.7 Å². The van der Waals surface area contributed by atoms with Crippen molar-refractivity contribution in [2.24, 2.45) is 5.92 Å². The van der Waals surface area contributed by atoms with Crippen molar-refractivity contribution in [1.29, 1.82) is 0 Å². The molecule has 1 atom stereocenters. The summed E-state index contributed by atoms with van der Waals surface area (Å²) in [5.74, 6) is 0.249. The predicted octanol–water partition coefficient (Wildman–Crippen LogP) is 2.91. The first kappa shape index (κ1) is 12.7. The van der Waals surface area contributed by atoms with Gasteiger partial charge in [-0.25, -0.2) is 4.39 Å². The van der Waals surface area contributed by atoms with E-state index in [9.17, 15) is 4.39 Å². The maximum atomic E-state index is 13.1. The van der Waals surface area contributed by atoms with E-state index in [1.54, 1.807) is 6.07 Å². The molecule has 1 aromatic carbocycles. The topological polar surface area (TPSA) is 15.3 Å². The molecule has 2 rings (SSSR count). The van der Waals surface area contributed by atoms with Crippen LogP contribution in [0, 0.1) is 11.7 Å². The van der Waals surface area contributed by atoms with Crippen LogP contribution in [0.4, 0.5) is 10.1 Å². The van der Waals surface area contributed by atoms with Crippen molar-refractivity contribution in [2.75, 3.05) is 24.5 Å². The minimum atomic E-state index is -0.282. The van der Waals surface area contributed by atoms with Crippen LogP contribution < -0.4 is 10.2 Å². The first-order valence-corrected chi connectivity index (χ1v) is 6.40. The summed E-state index contributed by atoms with van der Waals surface area (Å²) in [7, 11) is 0. The molecule has 0 saturated carbocycles. The van der Waals surface area contributed by atoms with Crippen molar-refractivity contribution in [3.63, 3.8) is 0 Å². The highest BCUT2D eigenvalue weighted by molar-refractivity contribution is 6.33. The molecule has 94 valence electrons. The smallest absolute Gasteiger partial charge is 0.124 e. The van der Waals surface area contributed by atoms with Gasteiger partial charge < -0.3 is 10.2 Å². The quantitative estimate of drug-likeness (QED) is 0.875. The summed E-state index contributed by atoms with van der Waals surface area (Å²) >= 11 is 6.13. The van der Waals surface area contributed by atoms with Gasteiger partial charge in [0.15, 0.2) is 0 Å². The Balaban J connectivity index is 2.29. The van der Waals surface area contributed by atoms with Gasteiger partial charge in [-0.3, -0.25) is 0 Å². The monoisotopic (exact) mass is 256 g/mol. The van der Waals surface area contributed by atoms with Crippen molar-refractivity contribution >= 4 is 17.3 Å². The number of anilines is 1. The Morgan fingerprint density at radius 3 is 2.88 bits per heavy atom. The molecule has 1 N–H and O–H groups in total. The van der Waals surface area contributed by atoms with Gasteiger partial charge in [0.25, 0.3) is 0 Å². The largest absolute Gasteiger partial charge is 0.365 e. The molecule has 1 aliphatic heterocycles. The van der Waals surface area contributed by atoms with Crippen molar-refractivity contribution in [3.05, 3.63) is 29.0 Å². The van der Waals surface area contributed by atoms with Crippen molar-refractivity contribution in [2.45, 2.75) is 19.9 Å². The average molecular weight is 257 g/mol. The molecular formula is C13H18ClFN2. The van der Waals surface area contributed by atoms with Crippen LogP contribution in [0.5, 0.6) is 0 Å². The fourth-order valence-corrected chi connectivity index (χ4v) is 2.61. The lowest BCUT2D eigenvalue weighted by Gasteiger charge is -2.40. The number of piperazine rings is 1. The second-order valence-corrected chi connectivity index (χ2v) is 5.21. The summed E-state index contributed by atoms with van der Waals surface area (Å²) in [6, 6.07) is 5.04. The van der Waals surface area contributed by atoms with E-state index in [-0.39, 0.29) is 5.82 Å². The van der Waals surface area contributed by atoms with E-state index < -0.39 is 0 Å². The van der Waals surface area contributed by atoms with Gasteiger partial charge in [0.05, 0.1) is 10.7 Å². The Kier molecular flexibility index (Phi) is 3.89. The maximum Gasteiger partial charge on any atom is 0.124 e. The normalized spacial score (nSPS) is 21.0. The Labute approximate surface area is 107 Å². The number of rotatable bonds is 2. The molecule has 1 unspecified atom stereocenters. The third-order valence-electron chi connectivity index (χ3n) is 3.27. The summed E-state index contributed by atoms with van der Waals surface area (Å²) in [5, 5.41) is 3.89. The van der Waals surface area contributed by atoms with Gasteiger partial charge in [0.2, 0.25) is 0 Å². The van der Waals surface area contributed by atoms with E-state index in [0.717, 1.165) is 25.3 Å². The molecule has 1 fully saturated rings. The van der Waals surface area contributed by atoms with Crippen LogP contribution in [-0.2, 0) is 0 Å². The van der Waals surface area contributed by atoms with Crippen molar-refractivity contribution in [3.8, 4) is 0 Å². The predicted molar refractivity (Wildman–Crippen MR) is 70.3 cm³/mol. The minimum absolute atomic E-state index is 0.282. The molecule has 1 saturated heterocycles. The third kappa shape index (κ3) is 2.72. The van der Waals surface area contributed by atoms with E-state index in [0.29, 0.717) is 17.0 Å². The zero-order chi connectivity index (χ0) is 12.4. The second kappa shape index (κ2) is 5.23. The third-order valence-corrected chi connectivity index (χ3v) is 3.57. The molecule has 1 aromatic rings. The zero-order valence-corrected chi connectivity index (χ0v) is 11.0. The lowest BCUT2D eigenvalue weighted by atomic mass is 10.00. The highest BCUT2D eigenvalue weighted by atomic mass is 35.5. The number of halogens is 2. The Morgan fingerprint density at radius 2 is 2.24 bits per heavy atom. The van der Waals surface area contributed by atoms with Gasteiger partial charge >= 0.3 is 0 Å². The highest BCUT2D eigenvalue weighted by Crippen LogP contribution is 2.30. The molecule has 0 aliphatic carbocycles.